The number of amides is 1. The number of nitrogens with one attached hydrogen (secondary N) is 1. The van der Waals surface area contributed by atoms with E-state index in [1.165, 1.54) is 0 Å². The van der Waals surface area contributed by atoms with Crippen LogP contribution in [0.3, 0.4) is 0 Å². The third-order valence-electron chi connectivity index (χ3n) is 2.56. The van der Waals surface area contributed by atoms with Crippen molar-refractivity contribution in [1.82, 2.24) is 5.32 Å². The predicted molar refractivity (Wildman–Crippen MR) is 55.8 cm³/mol. The van der Waals surface area contributed by atoms with Crippen LogP contribution in [0.15, 0.2) is 12.1 Å². The van der Waals surface area contributed by atoms with Crippen molar-refractivity contribution < 1.29 is 13.6 Å². The quantitative estimate of drug-likeness (QED) is 0.770. The van der Waals surface area contributed by atoms with Crippen LogP contribution < -0.4 is 11.1 Å². The minimum atomic E-state index is -0.866. The molecular formula is C11H12F2N2O. The van der Waals surface area contributed by atoms with Crippen molar-refractivity contribution in [3.8, 4) is 0 Å². The molecule has 5 heteroatoms. The van der Waals surface area contributed by atoms with Crippen LogP contribution in [-0.2, 0) is 0 Å². The normalized spacial score (nSPS) is 14.9. The van der Waals surface area contributed by atoms with Gasteiger partial charge in [-0.3, -0.25) is 4.79 Å². The standard InChI is InChI=1S/C11H12F2N2O/c12-7-3-8(10(13)9(14)4-7)11(16)15-5-6-1-2-6/h3-4,6H,1-2,5,14H2,(H,15,16). The molecule has 0 heterocycles. The zero-order valence-electron chi connectivity index (χ0n) is 8.59. The van der Waals surface area contributed by atoms with Crippen molar-refractivity contribution in [3.05, 3.63) is 29.3 Å². The highest BCUT2D eigenvalue weighted by molar-refractivity contribution is 5.95. The monoisotopic (exact) mass is 226 g/mol. The molecular weight excluding hydrogens is 214 g/mol. The topological polar surface area (TPSA) is 55.1 Å². The van der Waals surface area contributed by atoms with Crippen LogP contribution in [0.25, 0.3) is 0 Å². The second kappa shape index (κ2) is 4.08. The Morgan fingerprint density at radius 3 is 2.75 bits per heavy atom. The second-order valence-corrected chi connectivity index (χ2v) is 4.01. The third kappa shape index (κ3) is 2.29. The van der Waals surface area contributed by atoms with Gasteiger partial charge in [-0.1, -0.05) is 0 Å². The summed E-state index contributed by atoms with van der Waals surface area (Å²) in [6.07, 6.45) is 2.15. The highest BCUT2D eigenvalue weighted by Crippen LogP contribution is 2.27. The van der Waals surface area contributed by atoms with Gasteiger partial charge >= 0.3 is 0 Å². The zero-order valence-corrected chi connectivity index (χ0v) is 8.59. The van der Waals surface area contributed by atoms with Crippen molar-refractivity contribution in [2.24, 2.45) is 5.92 Å². The molecule has 0 saturated heterocycles. The van der Waals surface area contributed by atoms with Crippen LogP contribution in [0.2, 0.25) is 0 Å². The first-order valence-electron chi connectivity index (χ1n) is 5.10. The summed E-state index contributed by atoms with van der Waals surface area (Å²) in [6.45, 7) is 0.509. The van der Waals surface area contributed by atoms with Crippen LogP contribution in [0.4, 0.5) is 14.5 Å². The van der Waals surface area contributed by atoms with Gasteiger partial charge in [0.05, 0.1) is 11.3 Å². The fourth-order valence-corrected chi connectivity index (χ4v) is 1.43. The van der Waals surface area contributed by atoms with Crippen molar-refractivity contribution in [1.29, 1.82) is 0 Å². The molecule has 1 aromatic rings. The molecule has 3 nitrogen and oxygen atoms in total. The van der Waals surface area contributed by atoms with Crippen molar-refractivity contribution >= 4 is 11.6 Å². The number of halogens is 2. The number of nitrogen functional groups attached to an aromatic ring is 1. The van der Waals surface area contributed by atoms with Gasteiger partial charge in [0.2, 0.25) is 0 Å². The lowest BCUT2D eigenvalue weighted by molar-refractivity contribution is 0.0947. The summed E-state index contributed by atoms with van der Waals surface area (Å²) < 4.78 is 26.4. The molecule has 1 saturated carbocycles. The number of anilines is 1. The first-order valence-corrected chi connectivity index (χ1v) is 5.10. The van der Waals surface area contributed by atoms with E-state index in [4.69, 9.17) is 5.73 Å². The van der Waals surface area contributed by atoms with Crippen LogP contribution in [-0.4, -0.2) is 12.5 Å². The zero-order chi connectivity index (χ0) is 11.7. The van der Waals surface area contributed by atoms with Gasteiger partial charge in [0.15, 0.2) is 5.82 Å². The lowest BCUT2D eigenvalue weighted by Gasteiger charge is -2.07. The molecule has 0 aliphatic heterocycles. The smallest absolute Gasteiger partial charge is 0.254 e. The fourth-order valence-electron chi connectivity index (χ4n) is 1.43. The van der Waals surface area contributed by atoms with E-state index in [9.17, 15) is 13.6 Å². The lowest BCUT2D eigenvalue weighted by atomic mass is 10.1. The molecule has 0 bridgehead atoms. The van der Waals surface area contributed by atoms with E-state index in [1.807, 2.05) is 0 Å². The maximum absolute atomic E-state index is 13.4. The summed E-state index contributed by atoms with van der Waals surface area (Å²) in [4.78, 5) is 11.5. The molecule has 1 aliphatic rings. The predicted octanol–water partition coefficient (Wildman–Crippen LogP) is 1.69. The Balaban J connectivity index is 2.14. The van der Waals surface area contributed by atoms with Crippen LogP contribution in [0, 0.1) is 17.6 Å². The molecule has 2 rings (SSSR count). The number of carbonyl (C=O) groups excluding carboxylic acids is 1. The minimum absolute atomic E-state index is 0.335. The van der Waals surface area contributed by atoms with Crippen LogP contribution in [0.1, 0.15) is 23.2 Å². The number of carbonyl (C=O) groups is 1. The van der Waals surface area contributed by atoms with E-state index in [1.54, 1.807) is 0 Å². The number of hydrogen-bond acceptors (Lipinski definition) is 2. The SMILES string of the molecule is Nc1cc(F)cc(C(=O)NCC2CC2)c1F. The van der Waals surface area contributed by atoms with E-state index in [0.717, 1.165) is 25.0 Å². The highest BCUT2D eigenvalue weighted by Gasteiger charge is 2.23. The largest absolute Gasteiger partial charge is 0.396 e. The summed E-state index contributed by atoms with van der Waals surface area (Å²) in [5, 5.41) is 2.56. The summed E-state index contributed by atoms with van der Waals surface area (Å²) in [6, 6.07) is 1.71. The van der Waals surface area contributed by atoms with Gasteiger partial charge in [0.1, 0.15) is 5.82 Å². The molecule has 0 spiro atoms. The summed E-state index contributed by atoms with van der Waals surface area (Å²) in [5.41, 5.74) is 4.55. The lowest BCUT2D eigenvalue weighted by Crippen LogP contribution is -2.26. The first-order chi connectivity index (χ1) is 7.58. The molecule has 16 heavy (non-hydrogen) atoms. The molecule has 86 valence electrons. The van der Waals surface area contributed by atoms with Gasteiger partial charge in [-0.2, -0.15) is 0 Å². The maximum Gasteiger partial charge on any atom is 0.254 e. The van der Waals surface area contributed by atoms with E-state index < -0.39 is 17.5 Å². The Morgan fingerprint density at radius 1 is 1.44 bits per heavy atom. The fraction of sp³-hybridized carbons (Fsp3) is 0.364. The summed E-state index contributed by atoms with van der Waals surface area (Å²) >= 11 is 0. The van der Waals surface area contributed by atoms with Crippen molar-refractivity contribution in [3.63, 3.8) is 0 Å². The Morgan fingerprint density at radius 2 is 2.12 bits per heavy atom. The van der Waals surface area contributed by atoms with Crippen molar-refractivity contribution in [2.75, 3.05) is 12.3 Å². The van der Waals surface area contributed by atoms with Gasteiger partial charge in [-0.05, 0) is 30.9 Å². The molecule has 3 N–H and O–H groups in total. The first kappa shape index (κ1) is 10.9. The van der Waals surface area contributed by atoms with E-state index in [0.29, 0.717) is 12.5 Å². The highest BCUT2D eigenvalue weighted by atomic mass is 19.1. The second-order valence-electron chi connectivity index (χ2n) is 4.01. The molecule has 0 radical (unpaired) electrons. The van der Waals surface area contributed by atoms with Gasteiger partial charge < -0.3 is 11.1 Å². The van der Waals surface area contributed by atoms with Crippen LogP contribution >= 0.6 is 0 Å². The van der Waals surface area contributed by atoms with E-state index in [-0.39, 0.29) is 11.3 Å². The minimum Gasteiger partial charge on any atom is -0.396 e. The number of hydrogen-bond donors (Lipinski definition) is 2. The molecule has 1 amide bonds. The van der Waals surface area contributed by atoms with Crippen LogP contribution in [0.5, 0.6) is 0 Å². The average molecular weight is 226 g/mol. The Kier molecular flexibility index (Phi) is 2.77. The molecule has 0 aromatic heterocycles. The molecule has 1 aliphatic carbocycles. The van der Waals surface area contributed by atoms with Crippen molar-refractivity contribution in [2.45, 2.75) is 12.8 Å². The maximum atomic E-state index is 13.4. The Hall–Kier alpha value is -1.65. The Bertz CT molecular complexity index is 430. The summed E-state index contributed by atoms with van der Waals surface area (Å²) in [5.74, 6) is -1.71. The van der Waals surface area contributed by atoms with Gasteiger partial charge in [0.25, 0.3) is 5.91 Å². The van der Waals surface area contributed by atoms with E-state index >= 15 is 0 Å². The number of rotatable bonds is 3. The number of benzene rings is 1. The molecule has 0 atom stereocenters. The molecule has 0 unspecified atom stereocenters. The van der Waals surface area contributed by atoms with Gasteiger partial charge in [0, 0.05) is 6.54 Å². The van der Waals surface area contributed by atoms with E-state index in [2.05, 4.69) is 5.32 Å². The van der Waals surface area contributed by atoms with Gasteiger partial charge in [-0.15, -0.1) is 0 Å². The molecule has 1 aromatic carbocycles. The molecule has 1 fully saturated rings. The third-order valence-corrected chi connectivity index (χ3v) is 2.56. The average Bonchev–Trinajstić information content (AvgIpc) is 3.03. The van der Waals surface area contributed by atoms with Gasteiger partial charge in [-0.25, -0.2) is 8.78 Å². The Labute approximate surface area is 91.6 Å². The summed E-state index contributed by atoms with van der Waals surface area (Å²) in [7, 11) is 0. The number of nitrogens with two attached hydrogens (primary N) is 1.